The number of unbranched alkanes of at least 4 members (excludes halogenated alkanes) is 1. The molecule has 140 valence electrons. The summed E-state index contributed by atoms with van der Waals surface area (Å²) in [6.07, 6.45) is -3.76. The Hall–Kier alpha value is -2.29. The SMILES string of the molecule is CCOC(=O)/C(=C\c1ccc(OCCCCO)nc1N)CC(F)(F)F. The van der Waals surface area contributed by atoms with Gasteiger partial charge in [-0.3, -0.25) is 0 Å². The van der Waals surface area contributed by atoms with Gasteiger partial charge < -0.3 is 20.3 Å². The Morgan fingerprint density at radius 2 is 2.08 bits per heavy atom. The van der Waals surface area contributed by atoms with Gasteiger partial charge in [-0.1, -0.05) is 0 Å². The lowest BCUT2D eigenvalue weighted by Crippen LogP contribution is -2.16. The minimum atomic E-state index is -4.56. The van der Waals surface area contributed by atoms with Crippen LogP contribution in [0, 0.1) is 0 Å². The van der Waals surface area contributed by atoms with Gasteiger partial charge in [-0.05, 0) is 31.9 Å². The van der Waals surface area contributed by atoms with Crippen LogP contribution in [0.15, 0.2) is 17.7 Å². The number of hydrogen-bond acceptors (Lipinski definition) is 6. The standard InChI is InChI=1S/C16H21F3N2O4/c1-2-24-15(23)12(10-16(17,18)19)9-11-5-6-13(21-14(11)20)25-8-4-3-7-22/h5-6,9,22H,2-4,7-8,10H2,1H3,(H2,20,21)/b12-9-. The number of esters is 1. The Morgan fingerprint density at radius 3 is 2.64 bits per heavy atom. The largest absolute Gasteiger partial charge is 0.478 e. The highest BCUT2D eigenvalue weighted by Gasteiger charge is 2.32. The molecule has 3 N–H and O–H groups in total. The molecule has 0 aromatic carbocycles. The number of aromatic nitrogens is 1. The number of anilines is 1. The maximum atomic E-state index is 12.6. The summed E-state index contributed by atoms with van der Waals surface area (Å²) in [5, 5.41) is 8.68. The van der Waals surface area contributed by atoms with E-state index in [4.69, 9.17) is 15.6 Å². The Labute approximate surface area is 143 Å². The number of hydrogen-bond donors (Lipinski definition) is 2. The van der Waals surface area contributed by atoms with Crippen LogP contribution in [-0.4, -0.2) is 42.1 Å². The molecule has 0 atom stereocenters. The number of ether oxygens (including phenoxy) is 2. The van der Waals surface area contributed by atoms with Crippen LogP contribution in [0.2, 0.25) is 0 Å². The van der Waals surface area contributed by atoms with Gasteiger partial charge in [-0.15, -0.1) is 0 Å². The van der Waals surface area contributed by atoms with Crippen molar-refractivity contribution in [1.82, 2.24) is 4.98 Å². The van der Waals surface area contributed by atoms with Crippen LogP contribution in [0.25, 0.3) is 6.08 Å². The van der Waals surface area contributed by atoms with E-state index in [-0.39, 0.29) is 30.5 Å². The van der Waals surface area contributed by atoms with Crippen molar-refractivity contribution in [3.8, 4) is 5.88 Å². The third-order valence-electron chi connectivity index (χ3n) is 2.99. The van der Waals surface area contributed by atoms with Crippen molar-refractivity contribution in [3.05, 3.63) is 23.3 Å². The normalized spacial score (nSPS) is 12.1. The molecule has 0 fully saturated rings. The second-order valence-corrected chi connectivity index (χ2v) is 5.09. The van der Waals surface area contributed by atoms with Crippen molar-refractivity contribution in [3.63, 3.8) is 0 Å². The van der Waals surface area contributed by atoms with Crippen molar-refractivity contribution in [2.45, 2.75) is 32.4 Å². The van der Waals surface area contributed by atoms with Crippen LogP contribution in [0.1, 0.15) is 31.7 Å². The first-order chi connectivity index (χ1) is 11.8. The minimum Gasteiger partial charge on any atom is -0.478 e. The second-order valence-electron chi connectivity index (χ2n) is 5.09. The molecule has 1 rings (SSSR count). The topological polar surface area (TPSA) is 94.7 Å². The number of pyridine rings is 1. The van der Waals surface area contributed by atoms with Gasteiger partial charge in [0.05, 0.1) is 19.6 Å². The predicted molar refractivity (Wildman–Crippen MR) is 85.7 cm³/mol. The number of carbonyl (C=O) groups excluding carboxylic acids is 1. The highest BCUT2D eigenvalue weighted by atomic mass is 19.4. The van der Waals surface area contributed by atoms with Crippen molar-refractivity contribution in [1.29, 1.82) is 0 Å². The quantitative estimate of drug-likeness (QED) is 0.398. The van der Waals surface area contributed by atoms with Crippen molar-refractivity contribution < 1.29 is 32.5 Å². The van der Waals surface area contributed by atoms with Crippen LogP contribution in [0.3, 0.4) is 0 Å². The average molecular weight is 362 g/mol. The molecule has 0 aliphatic rings. The van der Waals surface area contributed by atoms with Crippen molar-refractivity contribution in [2.24, 2.45) is 0 Å². The number of carbonyl (C=O) groups is 1. The lowest BCUT2D eigenvalue weighted by molar-refractivity contribution is -0.146. The van der Waals surface area contributed by atoms with E-state index in [0.29, 0.717) is 19.4 Å². The molecule has 0 aliphatic carbocycles. The van der Waals surface area contributed by atoms with Gasteiger partial charge in [-0.2, -0.15) is 18.2 Å². The van der Waals surface area contributed by atoms with E-state index in [2.05, 4.69) is 9.72 Å². The molecule has 1 aromatic heterocycles. The summed E-state index contributed by atoms with van der Waals surface area (Å²) in [5.41, 5.74) is 5.33. The van der Waals surface area contributed by atoms with Crippen LogP contribution in [-0.2, 0) is 9.53 Å². The molecule has 0 saturated carbocycles. The summed E-state index contributed by atoms with van der Waals surface area (Å²) < 4.78 is 47.9. The highest BCUT2D eigenvalue weighted by Crippen LogP contribution is 2.28. The number of aliphatic hydroxyl groups is 1. The van der Waals surface area contributed by atoms with Crippen molar-refractivity contribution >= 4 is 17.9 Å². The first-order valence-corrected chi connectivity index (χ1v) is 7.71. The number of nitrogen functional groups attached to an aromatic ring is 1. The first kappa shape index (κ1) is 20.8. The van der Waals surface area contributed by atoms with Crippen LogP contribution in [0.5, 0.6) is 5.88 Å². The van der Waals surface area contributed by atoms with Gasteiger partial charge in [0.25, 0.3) is 0 Å². The third-order valence-corrected chi connectivity index (χ3v) is 2.99. The lowest BCUT2D eigenvalue weighted by atomic mass is 10.1. The summed E-state index contributed by atoms with van der Waals surface area (Å²) in [6.45, 7) is 1.84. The van der Waals surface area contributed by atoms with E-state index < -0.39 is 24.1 Å². The number of alkyl halides is 3. The molecular formula is C16H21F3N2O4. The zero-order valence-electron chi connectivity index (χ0n) is 13.8. The summed E-state index contributed by atoms with van der Waals surface area (Å²) in [4.78, 5) is 15.7. The molecule has 25 heavy (non-hydrogen) atoms. The zero-order chi connectivity index (χ0) is 18.9. The average Bonchev–Trinajstić information content (AvgIpc) is 2.52. The Morgan fingerprint density at radius 1 is 1.36 bits per heavy atom. The molecule has 1 heterocycles. The summed E-state index contributed by atoms with van der Waals surface area (Å²) in [6, 6.07) is 2.86. The van der Waals surface area contributed by atoms with Crippen molar-refractivity contribution in [2.75, 3.05) is 25.6 Å². The van der Waals surface area contributed by atoms with E-state index in [1.54, 1.807) is 0 Å². The monoisotopic (exact) mass is 362 g/mol. The smallest absolute Gasteiger partial charge is 0.393 e. The van der Waals surface area contributed by atoms with Crippen LogP contribution < -0.4 is 10.5 Å². The molecule has 0 aliphatic heterocycles. The van der Waals surface area contributed by atoms with Crippen LogP contribution in [0.4, 0.5) is 19.0 Å². The molecular weight excluding hydrogens is 341 g/mol. The van der Waals surface area contributed by atoms with Gasteiger partial charge in [0, 0.05) is 23.8 Å². The lowest BCUT2D eigenvalue weighted by Gasteiger charge is -2.11. The second kappa shape index (κ2) is 9.87. The molecule has 0 spiro atoms. The number of aliphatic hydroxyl groups excluding tert-OH is 1. The molecule has 1 aromatic rings. The number of nitrogens with two attached hydrogens (primary N) is 1. The fourth-order valence-corrected chi connectivity index (χ4v) is 1.87. The molecule has 0 saturated heterocycles. The third kappa shape index (κ3) is 7.88. The van der Waals surface area contributed by atoms with E-state index in [1.807, 2.05) is 0 Å². The van der Waals surface area contributed by atoms with E-state index in [9.17, 15) is 18.0 Å². The number of nitrogens with zero attached hydrogens (tertiary/aromatic N) is 1. The zero-order valence-corrected chi connectivity index (χ0v) is 13.8. The highest BCUT2D eigenvalue weighted by molar-refractivity contribution is 5.94. The predicted octanol–water partition coefficient (Wildman–Crippen LogP) is 2.71. The fourth-order valence-electron chi connectivity index (χ4n) is 1.87. The maximum Gasteiger partial charge on any atom is 0.393 e. The summed E-state index contributed by atoms with van der Waals surface area (Å²) in [5.74, 6) is -0.909. The van der Waals surface area contributed by atoms with Gasteiger partial charge >= 0.3 is 12.1 Å². The number of rotatable bonds is 9. The van der Waals surface area contributed by atoms with Gasteiger partial charge in [0.15, 0.2) is 0 Å². The fraction of sp³-hybridized carbons (Fsp3) is 0.500. The molecule has 9 heteroatoms. The van der Waals surface area contributed by atoms with Gasteiger partial charge in [-0.25, -0.2) is 4.79 Å². The molecule has 0 radical (unpaired) electrons. The van der Waals surface area contributed by atoms with E-state index in [1.165, 1.54) is 19.1 Å². The van der Waals surface area contributed by atoms with Crippen LogP contribution >= 0.6 is 0 Å². The van der Waals surface area contributed by atoms with Gasteiger partial charge in [0.1, 0.15) is 5.82 Å². The maximum absolute atomic E-state index is 12.6. The number of halogens is 3. The Bertz CT molecular complexity index is 604. The Balaban J connectivity index is 2.94. The minimum absolute atomic E-state index is 0.0393. The first-order valence-electron chi connectivity index (χ1n) is 7.71. The Kier molecular flexibility index (Phi) is 8.20. The van der Waals surface area contributed by atoms with E-state index in [0.717, 1.165) is 6.08 Å². The summed E-state index contributed by atoms with van der Waals surface area (Å²) in [7, 11) is 0. The summed E-state index contributed by atoms with van der Waals surface area (Å²) >= 11 is 0. The molecule has 0 bridgehead atoms. The van der Waals surface area contributed by atoms with E-state index >= 15 is 0 Å². The van der Waals surface area contributed by atoms with Gasteiger partial charge in [0.2, 0.25) is 5.88 Å². The molecule has 0 amide bonds. The molecule has 6 nitrogen and oxygen atoms in total. The molecule has 0 unspecified atom stereocenters.